The Bertz CT molecular complexity index is 459. The van der Waals surface area contributed by atoms with Crippen LogP contribution in [-0.4, -0.2) is 11.4 Å². The van der Waals surface area contributed by atoms with Gasteiger partial charge in [0.05, 0.1) is 6.07 Å². The molecule has 0 bridgehead atoms. The van der Waals surface area contributed by atoms with Crippen LogP contribution in [0, 0.1) is 18.3 Å². The fourth-order valence-corrected chi connectivity index (χ4v) is 1.68. The van der Waals surface area contributed by atoms with Crippen molar-refractivity contribution in [3.05, 3.63) is 34.3 Å². The van der Waals surface area contributed by atoms with Gasteiger partial charge in [0.1, 0.15) is 5.54 Å². The number of benzene rings is 1. The Morgan fingerprint density at radius 1 is 1.53 bits per heavy atom. The molecule has 0 aliphatic rings. The highest BCUT2D eigenvalue weighted by Gasteiger charge is 2.24. The largest absolute Gasteiger partial charge is 0.334 e. The molecule has 1 amide bonds. The molecule has 1 atom stereocenters. The normalized spacial score (nSPS) is 13.6. The molecule has 3 nitrogen and oxygen atoms in total. The molecule has 0 heterocycles. The molecule has 1 rings (SSSR count). The van der Waals surface area contributed by atoms with Crippen molar-refractivity contribution in [1.29, 1.82) is 5.26 Å². The van der Waals surface area contributed by atoms with E-state index in [9.17, 15) is 4.79 Å². The van der Waals surface area contributed by atoms with Crippen LogP contribution in [0.5, 0.6) is 0 Å². The fourth-order valence-electron chi connectivity index (χ4n) is 1.39. The van der Waals surface area contributed by atoms with Crippen molar-refractivity contribution in [2.24, 2.45) is 0 Å². The highest BCUT2D eigenvalue weighted by Crippen LogP contribution is 2.16. The first kappa shape index (κ1) is 13.5. The standard InChI is InChI=1S/C13H15ClN2O/c1-4-13(3,8-15)16-12(17)10-5-9(2)6-11(14)7-10/h5-7H,4H2,1-3H3,(H,16,17). The van der Waals surface area contributed by atoms with Gasteiger partial charge < -0.3 is 5.32 Å². The average molecular weight is 251 g/mol. The van der Waals surface area contributed by atoms with E-state index >= 15 is 0 Å². The molecule has 0 aromatic heterocycles. The van der Waals surface area contributed by atoms with Crippen molar-refractivity contribution in [3.63, 3.8) is 0 Å². The Kier molecular flexibility index (Phi) is 4.14. The number of carbonyl (C=O) groups is 1. The third-order valence-electron chi connectivity index (χ3n) is 2.65. The molecule has 0 aliphatic carbocycles. The Labute approximate surface area is 106 Å². The predicted molar refractivity (Wildman–Crippen MR) is 68.0 cm³/mol. The number of hydrogen-bond acceptors (Lipinski definition) is 2. The number of rotatable bonds is 3. The van der Waals surface area contributed by atoms with Crippen LogP contribution in [0.3, 0.4) is 0 Å². The number of nitrogens with zero attached hydrogens (tertiary/aromatic N) is 1. The minimum Gasteiger partial charge on any atom is -0.334 e. The van der Waals surface area contributed by atoms with Gasteiger partial charge in [-0.2, -0.15) is 5.26 Å². The highest BCUT2D eigenvalue weighted by molar-refractivity contribution is 6.31. The first-order chi connectivity index (χ1) is 7.90. The van der Waals surface area contributed by atoms with E-state index in [-0.39, 0.29) is 5.91 Å². The maximum absolute atomic E-state index is 12.0. The second-order valence-corrected chi connectivity index (χ2v) is 4.71. The van der Waals surface area contributed by atoms with E-state index in [1.807, 2.05) is 13.8 Å². The van der Waals surface area contributed by atoms with Crippen molar-refractivity contribution in [2.75, 3.05) is 0 Å². The summed E-state index contributed by atoms with van der Waals surface area (Å²) in [6, 6.07) is 7.21. The van der Waals surface area contributed by atoms with Crippen LogP contribution in [-0.2, 0) is 0 Å². The average Bonchev–Trinajstić information content (AvgIpc) is 2.27. The summed E-state index contributed by atoms with van der Waals surface area (Å²) in [6.07, 6.45) is 0.550. The lowest BCUT2D eigenvalue weighted by molar-refractivity contribution is 0.0923. The van der Waals surface area contributed by atoms with Crippen LogP contribution in [0.25, 0.3) is 0 Å². The zero-order chi connectivity index (χ0) is 13.1. The summed E-state index contributed by atoms with van der Waals surface area (Å²) in [4.78, 5) is 12.0. The third-order valence-corrected chi connectivity index (χ3v) is 2.87. The van der Waals surface area contributed by atoms with Crippen LogP contribution >= 0.6 is 11.6 Å². The van der Waals surface area contributed by atoms with Crippen molar-refractivity contribution in [2.45, 2.75) is 32.7 Å². The molecule has 0 spiro atoms. The molecule has 0 saturated carbocycles. The third kappa shape index (κ3) is 3.47. The number of aryl methyl sites for hydroxylation is 1. The highest BCUT2D eigenvalue weighted by atomic mass is 35.5. The molecule has 0 aliphatic heterocycles. The SMILES string of the molecule is CCC(C)(C#N)NC(=O)c1cc(C)cc(Cl)c1. The molecule has 0 fully saturated rings. The van der Waals surface area contributed by atoms with E-state index < -0.39 is 5.54 Å². The molecule has 0 saturated heterocycles. The Balaban J connectivity index is 2.95. The van der Waals surface area contributed by atoms with Gasteiger partial charge in [0.2, 0.25) is 0 Å². The topological polar surface area (TPSA) is 52.9 Å². The van der Waals surface area contributed by atoms with Gasteiger partial charge in [-0.05, 0) is 44.0 Å². The lowest BCUT2D eigenvalue weighted by Gasteiger charge is -2.21. The second kappa shape index (κ2) is 5.20. The summed E-state index contributed by atoms with van der Waals surface area (Å²) in [6.45, 7) is 5.42. The number of amides is 1. The number of carbonyl (C=O) groups excluding carboxylic acids is 1. The number of nitriles is 1. The minimum absolute atomic E-state index is 0.276. The molecule has 0 radical (unpaired) electrons. The van der Waals surface area contributed by atoms with Crippen molar-refractivity contribution in [1.82, 2.24) is 5.32 Å². The molecule has 1 N–H and O–H groups in total. The Morgan fingerprint density at radius 2 is 2.18 bits per heavy atom. The summed E-state index contributed by atoms with van der Waals surface area (Å²) in [5.41, 5.74) is 0.551. The maximum Gasteiger partial charge on any atom is 0.252 e. The number of halogens is 1. The lowest BCUT2D eigenvalue weighted by Crippen LogP contribution is -2.44. The molecule has 1 aromatic carbocycles. The van der Waals surface area contributed by atoms with Crippen molar-refractivity contribution < 1.29 is 4.79 Å². The van der Waals surface area contributed by atoms with Crippen LogP contribution < -0.4 is 5.32 Å². The van der Waals surface area contributed by atoms with Crippen LogP contribution in [0.15, 0.2) is 18.2 Å². The van der Waals surface area contributed by atoms with Gasteiger partial charge in [-0.3, -0.25) is 4.79 Å². The summed E-state index contributed by atoms with van der Waals surface area (Å²) in [5.74, 6) is -0.276. The number of hydrogen-bond donors (Lipinski definition) is 1. The predicted octanol–water partition coefficient (Wildman–Crippen LogP) is 3.07. The van der Waals surface area contributed by atoms with Gasteiger partial charge in [0.15, 0.2) is 0 Å². The Hall–Kier alpha value is -1.53. The van der Waals surface area contributed by atoms with Gasteiger partial charge in [-0.25, -0.2) is 0 Å². The number of nitrogens with one attached hydrogen (secondary N) is 1. The van der Waals surface area contributed by atoms with Gasteiger partial charge in [0.25, 0.3) is 5.91 Å². The molecular weight excluding hydrogens is 236 g/mol. The van der Waals surface area contributed by atoms with E-state index in [0.29, 0.717) is 17.0 Å². The zero-order valence-corrected chi connectivity index (χ0v) is 10.9. The van der Waals surface area contributed by atoms with E-state index in [1.54, 1.807) is 25.1 Å². The van der Waals surface area contributed by atoms with Crippen molar-refractivity contribution >= 4 is 17.5 Å². The molecule has 4 heteroatoms. The van der Waals surface area contributed by atoms with Crippen LogP contribution in [0.4, 0.5) is 0 Å². The van der Waals surface area contributed by atoms with E-state index in [2.05, 4.69) is 11.4 Å². The van der Waals surface area contributed by atoms with Crippen molar-refractivity contribution in [3.8, 4) is 6.07 Å². The van der Waals surface area contributed by atoms with Gasteiger partial charge in [-0.1, -0.05) is 18.5 Å². The summed E-state index contributed by atoms with van der Waals surface area (Å²) < 4.78 is 0. The monoisotopic (exact) mass is 250 g/mol. The maximum atomic E-state index is 12.0. The van der Waals surface area contributed by atoms with E-state index in [1.165, 1.54) is 0 Å². The Morgan fingerprint density at radius 3 is 2.65 bits per heavy atom. The molecular formula is C13H15ClN2O. The van der Waals surface area contributed by atoms with Gasteiger partial charge >= 0.3 is 0 Å². The summed E-state index contributed by atoms with van der Waals surface area (Å²) in [7, 11) is 0. The lowest BCUT2D eigenvalue weighted by atomic mass is 10.0. The smallest absolute Gasteiger partial charge is 0.252 e. The van der Waals surface area contributed by atoms with Crippen LogP contribution in [0.1, 0.15) is 36.2 Å². The summed E-state index contributed by atoms with van der Waals surface area (Å²) in [5, 5.41) is 12.2. The first-order valence-electron chi connectivity index (χ1n) is 5.41. The van der Waals surface area contributed by atoms with Gasteiger partial charge in [-0.15, -0.1) is 0 Å². The first-order valence-corrected chi connectivity index (χ1v) is 5.79. The molecule has 90 valence electrons. The quantitative estimate of drug-likeness (QED) is 0.896. The zero-order valence-electron chi connectivity index (χ0n) is 10.2. The van der Waals surface area contributed by atoms with Crippen LogP contribution in [0.2, 0.25) is 5.02 Å². The van der Waals surface area contributed by atoms with Gasteiger partial charge in [0, 0.05) is 10.6 Å². The molecule has 1 unspecified atom stereocenters. The minimum atomic E-state index is -0.840. The van der Waals surface area contributed by atoms with E-state index in [4.69, 9.17) is 16.9 Å². The fraction of sp³-hybridized carbons (Fsp3) is 0.385. The molecule has 17 heavy (non-hydrogen) atoms. The second-order valence-electron chi connectivity index (χ2n) is 4.27. The molecule has 1 aromatic rings. The van der Waals surface area contributed by atoms with E-state index in [0.717, 1.165) is 5.56 Å². The summed E-state index contributed by atoms with van der Waals surface area (Å²) >= 11 is 5.89.